The lowest BCUT2D eigenvalue weighted by atomic mass is 10.1. The molecule has 0 aromatic heterocycles. The highest BCUT2D eigenvalue weighted by atomic mass is 35.5. The first-order valence-electron chi connectivity index (χ1n) is 9.17. The Morgan fingerprint density at radius 2 is 1.68 bits per heavy atom. The van der Waals surface area contributed by atoms with Gasteiger partial charge in [-0.25, -0.2) is 0 Å². The van der Waals surface area contributed by atoms with Gasteiger partial charge in [-0.15, -0.1) is 0 Å². The Labute approximate surface area is 155 Å². The van der Waals surface area contributed by atoms with Crippen molar-refractivity contribution in [3.05, 3.63) is 64.7 Å². The lowest BCUT2D eigenvalue weighted by molar-refractivity contribution is 0.231. The summed E-state index contributed by atoms with van der Waals surface area (Å²) in [6, 6.07) is 16.1. The maximum atomic E-state index is 9.62. The first-order valence-corrected chi connectivity index (χ1v) is 9.54. The lowest BCUT2D eigenvalue weighted by Gasteiger charge is -2.24. The molecule has 0 radical (unpaired) electrons. The van der Waals surface area contributed by atoms with Crippen molar-refractivity contribution in [2.24, 2.45) is 0 Å². The largest absolute Gasteiger partial charge is 0.506 e. The van der Waals surface area contributed by atoms with Crippen LogP contribution < -0.4 is 0 Å². The highest BCUT2D eigenvalue weighted by Gasteiger charge is 2.13. The highest BCUT2D eigenvalue weighted by Crippen LogP contribution is 2.24. The van der Waals surface area contributed by atoms with Gasteiger partial charge in [0.15, 0.2) is 0 Å². The summed E-state index contributed by atoms with van der Waals surface area (Å²) in [6.45, 7) is 6.53. The second-order valence-electron chi connectivity index (χ2n) is 6.88. The van der Waals surface area contributed by atoms with E-state index >= 15 is 0 Å². The second-order valence-corrected chi connectivity index (χ2v) is 7.29. The molecular formula is C21H27ClN2O. The maximum absolute atomic E-state index is 9.62. The predicted octanol–water partition coefficient (Wildman–Crippen LogP) is 4.53. The summed E-state index contributed by atoms with van der Waals surface area (Å²) in [5.74, 6) is 0.147. The van der Waals surface area contributed by atoms with E-state index in [2.05, 4.69) is 40.1 Å². The Hall–Kier alpha value is -1.55. The Balaban J connectivity index is 1.61. The quantitative estimate of drug-likeness (QED) is 0.750. The molecule has 0 unspecified atom stereocenters. The van der Waals surface area contributed by atoms with Gasteiger partial charge in [-0.05, 0) is 62.2 Å². The van der Waals surface area contributed by atoms with Crippen molar-refractivity contribution in [2.75, 3.05) is 26.2 Å². The molecule has 0 saturated carbocycles. The molecule has 1 fully saturated rings. The minimum absolute atomic E-state index is 0.147. The number of phenolic OH excluding ortho intramolecular Hbond substituents is 1. The Kier molecular flexibility index (Phi) is 6.74. The zero-order chi connectivity index (χ0) is 17.5. The van der Waals surface area contributed by atoms with Gasteiger partial charge < -0.3 is 10.0 Å². The fourth-order valence-electron chi connectivity index (χ4n) is 3.49. The number of aromatic hydroxyl groups is 1. The number of hydrogen-bond acceptors (Lipinski definition) is 3. The van der Waals surface area contributed by atoms with Gasteiger partial charge in [0, 0.05) is 19.6 Å². The number of rotatable bonds is 8. The number of likely N-dealkylation sites (tertiary alicyclic amines) is 1. The van der Waals surface area contributed by atoms with Crippen LogP contribution in [0.2, 0.25) is 5.02 Å². The van der Waals surface area contributed by atoms with E-state index < -0.39 is 0 Å². The van der Waals surface area contributed by atoms with Crippen molar-refractivity contribution in [1.82, 2.24) is 9.80 Å². The van der Waals surface area contributed by atoms with Crippen molar-refractivity contribution >= 4 is 11.6 Å². The molecule has 1 saturated heterocycles. The SMILES string of the molecule is Oc1ccc(CN(CCCN2CCCC2)Cc2ccccc2)cc1Cl. The predicted molar refractivity (Wildman–Crippen MR) is 104 cm³/mol. The Morgan fingerprint density at radius 1 is 0.960 bits per heavy atom. The molecule has 3 rings (SSSR count). The van der Waals surface area contributed by atoms with Crippen molar-refractivity contribution in [3.63, 3.8) is 0 Å². The molecule has 2 aromatic carbocycles. The number of halogens is 1. The zero-order valence-corrected chi connectivity index (χ0v) is 15.5. The minimum Gasteiger partial charge on any atom is -0.506 e. The third-order valence-electron chi connectivity index (χ3n) is 4.81. The summed E-state index contributed by atoms with van der Waals surface area (Å²) < 4.78 is 0. The van der Waals surface area contributed by atoms with Crippen LogP contribution in [0.1, 0.15) is 30.4 Å². The summed E-state index contributed by atoms with van der Waals surface area (Å²) >= 11 is 6.07. The van der Waals surface area contributed by atoms with Gasteiger partial charge in [-0.3, -0.25) is 4.90 Å². The van der Waals surface area contributed by atoms with E-state index in [-0.39, 0.29) is 5.75 Å². The van der Waals surface area contributed by atoms with Crippen LogP contribution in [0.25, 0.3) is 0 Å². The maximum Gasteiger partial charge on any atom is 0.134 e. The zero-order valence-electron chi connectivity index (χ0n) is 14.7. The summed E-state index contributed by atoms with van der Waals surface area (Å²) in [6.07, 6.45) is 3.87. The average Bonchev–Trinajstić information content (AvgIpc) is 3.12. The molecule has 1 aliphatic heterocycles. The van der Waals surface area contributed by atoms with E-state index in [4.69, 9.17) is 11.6 Å². The number of nitrogens with zero attached hydrogens (tertiary/aromatic N) is 2. The van der Waals surface area contributed by atoms with Gasteiger partial charge in [0.1, 0.15) is 5.75 Å². The summed E-state index contributed by atoms with van der Waals surface area (Å²) in [5.41, 5.74) is 2.47. The smallest absolute Gasteiger partial charge is 0.134 e. The molecule has 0 bridgehead atoms. The first-order chi connectivity index (χ1) is 12.2. The van der Waals surface area contributed by atoms with Crippen molar-refractivity contribution in [2.45, 2.75) is 32.4 Å². The standard InChI is InChI=1S/C21H27ClN2O/c22-20-15-19(9-10-21(20)25)17-24(16-18-7-2-1-3-8-18)14-6-13-23-11-4-5-12-23/h1-3,7-10,15,25H,4-6,11-14,16-17H2. The lowest BCUT2D eigenvalue weighted by Crippen LogP contribution is -2.28. The van der Waals surface area contributed by atoms with E-state index in [0.717, 1.165) is 25.2 Å². The van der Waals surface area contributed by atoms with Crippen LogP contribution in [0.5, 0.6) is 5.75 Å². The molecule has 2 aromatic rings. The Bertz CT molecular complexity index is 656. The van der Waals surface area contributed by atoms with Crippen molar-refractivity contribution < 1.29 is 5.11 Å². The topological polar surface area (TPSA) is 26.7 Å². The van der Waals surface area contributed by atoms with E-state index in [9.17, 15) is 5.11 Å². The summed E-state index contributed by atoms with van der Waals surface area (Å²) in [4.78, 5) is 5.03. The molecule has 0 spiro atoms. The van der Waals surface area contributed by atoms with E-state index in [1.165, 1.54) is 44.5 Å². The summed E-state index contributed by atoms with van der Waals surface area (Å²) in [5, 5.41) is 10.0. The molecule has 3 nitrogen and oxygen atoms in total. The minimum atomic E-state index is 0.147. The molecule has 0 amide bonds. The third kappa shape index (κ3) is 5.74. The molecular weight excluding hydrogens is 332 g/mol. The molecule has 0 atom stereocenters. The van der Waals surface area contributed by atoms with Crippen molar-refractivity contribution in [3.8, 4) is 5.75 Å². The van der Waals surface area contributed by atoms with Gasteiger partial charge in [0.25, 0.3) is 0 Å². The fourth-order valence-corrected chi connectivity index (χ4v) is 3.69. The molecule has 25 heavy (non-hydrogen) atoms. The third-order valence-corrected chi connectivity index (χ3v) is 5.12. The van der Waals surface area contributed by atoms with Crippen LogP contribution in [0.3, 0.4) is 0 Å². The number of benzene rings is 2. The van der Waals surface area contributed by atoms with E-state index in [1.807, 2.05) is 12.1 Å². The normalized spacial score (nSPS) is 15.1. The summed E-state index contributed by atoms with van der Waals surface area (Å²) in [7, 11) is 0. The van der Waals surface area contributed by atoms with Crippen LogP contribution in [0, 0.1) is 0 Å². The molecule has 134 valence electrons. The van der Waals surface area contributed by atoms with E-state index in [0.29, 0.717) is 5.02 Å². The van der Waals surface area contributed by atoms with E-state index in [1.54, 1.807) is 6.07 Å². The average molecular weight is 359 g/mol. The van der Waals surface area contributed by atoms with Crippen LogP contribution in [0.4, 0.5) is 0 Å². The van der Waals surface area contributed by atoms with Gasteiger partial charge in [-0.2, -0.15) is 0 Å². The molecule has 1 heterocycles. The van der Waals surface area contributed by atoms with Gasteiger partial charge >= 0.3 is 0 Å². The van der Waals surface area contributed by atoms with Crippen LogP contribution in [-0.4, -0.2) is 41.1 Å². The first kappa shape index (κ1) is 18.2. The Morgan fingerprint density at radius 3 is 2.40 bits per heavy atom. The monoisotopic (exact) mass is 358 g/mol. The van der Waals surface area contributed by atoms with Crippen LogP contribution in [-0.2, 0) is 13.1 Å². The second kappa shape index (κ2) is 9.23. The number of hydrogen-bond donors (Lipinski definition) is 1. The van der Waals surface area contributed by atoms with Gasteiger partial charge in [0.05, 0.1) is 5.02 Å². The van der Waals surface area contributed by atoms with Crippen molar-refractivity contribution in [1.29, 1.82) is 0 Å². The molecule has 4 heteroatoms. The highest BCUT2D eigenvalue weighted by molar-refractivity contribution is 6.32. The number of phenols is 1. The van der Waals surface area contributed by atoms with Crippen LogP contribution in [0.15, 0.2) is 48.5 Å². The molecule has 0 aliphatic carbocycles. The van der Waals surface area contributed by atoms with Gasteiger partial charge in [0.2, 0.25) is 0 Å². The molecule has 1 aliphatic rings. The van der Waals surface area contributed by atoms with Gasteiger partial charge in [-0.1, -0.05) is 48.0 Å². The fraction of sp³-hybridized carbons (Fsp3) is 0.429. The van der Waals surface area contributed by atoms with Crippen LogP contribution >= 0.6 is 11.6 Å². The molecule has 1 N–H and O–H groups in total.